The van der Waals surface area contributed by atoms with E-state index in [0.717, 1.165) is 10.4 Å². The first-order valence-electron chi connectivity index (χ1n) is 6.95. The van der Waals surface area contributed by atoms with Gasteiger partial charge in [0.15, 0.2) is 5.82 Å². The predicted molar refractivity (Wildman–Crippen MR) is 90.6 cm³/mol. The van der Waals surface area contributed by atoms with Crippen molar-refractivity contribution in [3.63, 3.8) is 0 Å². The quantitative estimate of drug-likeness (QED) is 0.593. The molecule has 1 aromatic carbocycles. The van der Waals surface area contributed by atoms with Crippen LogP contribution >= 0.6 is 11.3 Å². The lowest BCUT2D eigenvalue weighted by Crippen LogP contribution is -2.08. The van der Waals surface area contributed by atoms with Gasteiger partial charge in [0, 0.05) is 4.88 Å². The van der Waals surface area contributed by atoms with E-state index in [1.54, 1.807) is 6.07 Å². The summed E-state index contributed by atoms with van der Waals surface area (Å²) in [5, 5.41) is 9.87. The van der Waals surface area contributed by atoms with Crippen molar-refractivity contribution >= 4 is 21.6 Å². The molecule has 0 amide bonds. The van der Waals surface area contributed by atoms with E-state index >= 15 is 0 Å². The minimum atomic E-state index is -0.196. The van der Waals surface area contributed by atoms with Crippen molar-refractivity contribution in [3.8, 4) is 27.7 Å². The molecular formula is C17H11N3O2S. The van der Waals surface area contributed by atoms with E-state index in [4.69, 9.17) is 0 Å². The number of aromatic hydroxyl groups is 1. The number of hydrogen-bond donors (Lipinski definition) is 2. The maximum Gasteiger partial charge on any atom is 0.259 e. The van der Waals surface area contributed by atoms with Gasteiger partial charge in [-0.3, -0.25) is 4.79 Å². The molecule has 0 radical (unpaired) electrons. The number of aromatic amines is 1. The zero-order valence-corrected chi connectivity index (χ0v) is 12.7. The summed E-state index contributed by atoms with van der Waals surface area (Å²) in [6, 6.07) is 14.9. The van der Waals surface area contributed by atoms with Gasteiger partial charge in [-0.25, -0.2) is 9.97 Å². The van der Waals surface area contributed by atoms with Crippen molar-refractivity contribution in [1.82, 2.24) is 15.0 Å². The SMILES string of the molecule is O=c1[nH]c(-c2ccc(O)cn2)nc2sc(-c3ccccc3)cc12. The Bertz CT molecular complexity index is 1040. The van der Waals surface area contributed by atoms with E-state index in [0.29, 0.717) is 21.7 Å². The number of H-pyrrole nitrogens is 1. The normalized spacial score (nSPS) is 11.0. The maximum atomic E-state index is 12.3. The van der Waals surface area contributed by atoms with Crippen LogP contribution in [0, 0.1) is 0 Å². The van der Waals surface area contributed by atoms with Gasteiger partial charge in [0.1, 0.15) is 16.3 Å². The topological polar surface area (TPSA) is 78.9 Å². The highest BCUT2D eigenvalue weighted by molar-refractivity contribution is 7.21. The smallest absolute Gasteiger partial charge is 0.259 e. The molecule has 0 saturated carbocycles. The number of rotatable bonds is 2. The van der Waals surface area contributed by atoms with Crippen molar-refractivity contribution in [2.45, 2.75) is 0 Å². The van der Waals surface area contributed by atoms with Gasteiger partial charge in [-0.05, 0) is 23.8 Å². The third kappa shape index (κ3) is 2.49. The lowest BCUT2D eigenvalue weighted by atomic mass is 10.2. The fraction of sp³-hybridized carbons (Fsp3) is 0. The average Bonchev–Trinajstić information content (AvgIpc) is 3.01. The van der Waals surface area contributed by atoms with Crippen LogP contribution in [0.1, 0.15) is 0 Å². The highest BCUT2D eigenvalue weighted by Gasteiger charge is 2.11. The summed E-state index contributed by atoms with van der Waals surface area (Å²) >= 11 is 1.47. The molecule has 3 heterocycles. The molecule has 6 heteroatoms. The molecular weight excluding hydrogens is 310 g/mol. The Kier molecular flexibility index (Phi) is 3.17. The lowest BCUT2D eigenvalue weighted by Gasteiger charge is -1.99. The minimum Gasteiger partial charge on any atom is -0.506 e. The summed E-state index contributed by atoms with van der Waals surface area (Å²) < 4.78 is 0. The average molecular weight is 321 g/mol. The first-order valence-corrected chi connectivity index (χ1v) is 7.77. The fourth-order valence-electron chi connectivity index (χ4n) is 2.32. The van der Waals surface area contributed by atoms with Crippen molar-refractivity contribution in [1.29, 1.82) is 0 Å². The zero-order valence-electron chi connectivity index (χ0n) is 11.9. The molecule has 4 rings (SSSR count). The second-order valence-corrected chi connectivity index (χ2v) is 6.04. The van der Waals surface area contributed by atoms with E-state index < -0.39 is 0 Å². The molecule has 23 heavy (non-hydrogen) atoms. The van der Waals surface area contributed by atoms with E-state index in [1.807, 2.05) is 36.4 Å². The highest BCUT2D eigenvalue weighted by Crippen LogP contribution is 2.31. The molecule has 0 atom stereocenters. The Hall–Kier alpha value is -2.99. The molecule has 5 nitrogen and oxygen atoms in total. The number of pyridine rings is 1. The summed E-state index contributed by atoms with van der Waals surface area (Å²) in [7, 11) is 0. The Morgan fingerprint density at radius 3 is 2.65 bits per heavy atom. The third-order valence-electron chi connectivity index (χ3n) is 3.45. The van der Waals surface area contributed by atoms with Crippen molar-refractivity contribution in [2.75, 3.05) is 0 Å². The summed E-state index contributed by atoms with van der Waals surface area (Å²) in [4.78, 5) is 25.3. The number of benzene rings is 1. The Morgan fingerprint density at radius 1 is 1.09 bits per heavy atom. The van der Waals surface area contributed by atoms with Crippen LogP contribution in [0.5, 0.6) is 5.75 Å². The maximum absolute atomic E-state index is 12.3. The fourth-order valence-corrected chi connectivity index (χ4v) is 3.36. The van der Waals surface area contributed by atoms with E-state index in [2.05, 4.69) is 15.0 Å². The molecule has 2 N–H and O–H groups in total. The van der Waals surface area contributed by atoms with Crippen LogP contribution in [-0.2, 0) is 0 Å². The molecule has 112 valence electrons. The molecule has 3 aromatic heterocycles. The molecule has 0 fully saturated rings. The molecule has 0 aliphatic rings. The number of thiophene rings is 1. The van der Waals surface area contributed by atoms with Gasteiger partial charge in [-0.15, -0.1) is 11.3 Å². The molecule has 0 saturated heterocycles. The van der Waals surface area contributed by atoms with Gasteiger partial charge < -0.3 is 10.1 Å². The van der Waals surface area contributed by atoms with Crippen LogP contribution in [0.3, 0.4) is 0 Å². The lowest BCUT2D eigenvalue weighted by molar-refractivity contribution is 0.473. The second kappa shape index (κ2) is 5.33. The first kappa shape index (κ1) is 13.7. The van der Waals surface area contributed by atoms with Crippen molar-refractivity contribution in [2.24, 2.45) is 0 Å². The van der Waals surface area contributed by atoms with E-state index in [1.165, 1.54) is 23.6 Å². The van der Waals surface area contributed by atoms with Crippen molar-refractivity contribution in [3.05, 3.63) is 65.1 Å². The molecule has 0 unspecified atom stereocenters. The van der Waals surface area contributed by atoms with Crippen LogP contribution in [-0.4, -0.2) is 20.1 Å². The van der Waals surface area contributed by atoms with Crippen LogP contribution in [0.4, 0.5) is 0 Å². The Labute approximate surface area is 134 Å². The Morgan fingerprint density at radius 2 is 1.91 bits per heavy atom. The van der Waals surface area contributed by atoms with Gasteiger partial charge in [0.2, 0.25) is 0 Å². The van der Waals surface area contributed by atoms with Gasteiger partial charge in [0.05, 0.1) is 11.6 Å². The van der Waals surface area contributed by atoms with Crippen molar-refractivity contribution < 1.29 is 5.11 Å². The summed E-state index contributed by atoms with van der Waals surface area (Å²) in [5.74, 6) is 0.462. The molecule has 0 aliphatic heterocycles. The Balaban J connectivity index is 1.87. The van der Waals surface area contributed by atoms with Gasteiger partial charge in [-0.2, -0.15) is 0 Å². The van der Waals surface area contributed by atoms with Crippen LogP contribution in [0.15, 0.2) is 59.5 Å². The largest absolute Gasteiger partial charge is 0.506 e. The van der Waals surface area contributed by atoms with Gasteiger partial charge in [0.25, 0.3) is 5.56 Å². The number of fused-ring (bicyclic) bond motifs is 1. The van der Waals surface area contributed by atoms with E-state index in [9.17, 15) is 9.90 Å². The zero-order chi connectivity index (χ0) is 15.8. The van der Waals surface area contributed by atoms with Gasteiger partial charge in [-0.1, -0.05) is 30.3 Å². The second-order valence-electron chi connectivity index (χ2n) is 5.01. The summed E-state index contributed by atoms with van der Waals surface area (Å²) in [6.07, 6.45) is 1.32. The summed E-state index contributed by atoms with van der Waals surface area (Å²) in [5.41, 5.74) is 1.37. The van der Waals surface area contributed by atoms with Crippen LogP contribution in [0.2, 0.25) is 0 Å². The van der Waals surface area contributed by atoms with Crippen LogP contribution in [0.25, 0.3) is 32.2 Å². The molecule has 0 spiro atoms. The number of nitrogens with one attached hydrogen (secondary N) is 1. The number of hydrogen-bond acceptors (Lipinski definition) is 5. The number of aromatic nitrogens is 3. The highest BCUT2D eigenvalue weighted by atomic mass is 32.1. The van der Waals surface area contributed by atoms with E-state index in [-0.39, 0.29) is 11.3 Å². The molecule has 4 aromatic rings. The summed E-state index contributed by atoms with van der Waals surface area (Å²) in [6.45, 7) is 0. The molecule has 0 bridgehead atoms. The third-order valence-corrected chi connectivity index (χ3v) is 4.53. The molecule has 0 aliphatic carbocycles. The predicted octanol–water partition coefficient (Wildman–Crippen LogP) is 3.42. The van der Waals surface area contributed by atoms with Gasteiger partial charge >= 0.3 is 0 Å². The minimum absolute atomic E-state index is 0.0691. The monoisotopic (exact) mass is 321 g/mol. The standard InChI is InChI=1S/C17H11N3O2S/c21-11-6-7-13(18-9-11)15-19-16(22)12-8-14(23-17(12)20-15)10-4-2-1-3-5-10/h1-9,21H,(H,19,20,22). The van der Waals surface area contributed by atoms with Crippen LogP contribution < -0.4 is 5.56 Å². The first-order chi connectivity index (χ1) is 11.2. The number of nitrogens with zero attached hydrogens (tertiary/aromatic N) is 2.